The molecule has 1 aliphatic rings. The molecule has 1 fully saturated rings. The second-order valence-corrected chi connectivity index (χ2v) is 9.32. The van der Waals surface area contributed by atoms with Crippen LogP contribution in [0.3, 0.4) is 0 Å². The Labute approximate surface area is 239 Å². The highest BCUT2D eigenvalue weighted by molar-refractivity contribution is 6.39. The van der Waals surface area contributed by atoms with Crippen molar-refractivity contribution < 1.29 is 24.5 Å². The normalized spacial score (nSPS) is 14.7. The molecule has 0 aliphatic carbocycles. The van der Waals surface area contributed by atoms with Crippen LogP contribution in [0.1, 0.15) is 28.4 Å². The maximum absolute atomic E-state index is 13.1. The minimum absolute atomic E-state index is 0. The van der Waals surface area contributed by atoms with Crippen molar-refractivity contribution in [2.24, 2.45) is 0 Å². The number of rotatable bonds is 10. The fraction of sp³-hybridized carbons (Fsp3) is 0.440. The van der Waals surface area contributed by atoms with E-state index in [1.165, 1.54) is 0 Å². The van der Waals surface area contributed by atoms with Gasteiger partial charge < -0.3 is 25.2 Å². The van der Waals surface area contributed by atoms with Crippen molar-refractivity contribution in [3.63, 3.8) is 0 Å². The molecule has 0 saturated carbocycles. The predicted molar refractivity (Wildman–Crippen MR) is 150 cm³/mol. The van der Waals surface area contributed by atoms with Gasteiger partial charge in [-0.1, -0.05) is 60.5 Å². The van der Waals surface area contributed by atoms with Crippen molar-refractivity contribution in [3.8, 4) is 11.5 Å². The van der Waals surface area contributed by atoms with Gasteiger partial charge in [0.1, 0.15) is 17.7 Å². The van der Waals surface area contributed by atoms with Crippen LogP contribution in [0.15, 0.2) is 30.3 Å². The highest BCUT2D eigenvalue weighted by Crippen LogP contribution is 2.45. The third-order valence-corrected chi connectivity index (χ3v) is 6.88. The van der Waals surface area contributed by atoms with Crippen molar-refractivity contribution in [2.45, 2.75) is 25.8 Å². The van der Waals surface area contributed by atoms with Gasteiger partial charge in [-0.25, -0.2) is 4.79 Å². The number of hydrogen-bond acceptors (Lipinski definition) is 6. The van der Waals surface area contributed by atoms with E-state index in [4.69, 9.17) is 27.9 Å². The van der Waals surface area contributed by atoms with Crippen molar-refractivity contribution in [3.05, 3.63) is 57.1 Å². The number of phenolic OH excluding ortho intramolecular Hbond substituents is 1. The summed E-state index contributed by atoms with van der Waals surface area (Å²) in [5, 5.41) is 22.9. The predicted octanol–water partition coefficient (Wildman–Crippen LogP) is 4.16. The Morgan fingerprint density at radius 2 is 1.70 bits per heavy atom. The van der Waals surface area contributed by atoms with E-state index in [1.807, 2.05) is 6.07 Å². The van der Waals surface area contributed by atoms with Crippen LogP contribution in [0.5, 0.6) is 11.5 Å². The van der Waals surface area contributed by atoms with E-state index in [2.05, 4.69) is 22.2 Å². The monoisotopic (exact) mass is 595 g/mol. The van der Waals surface area contributed by atoms with Gasteiger partial charge in [0.2, 0.25) is 0 Å². The van der Waals surface area contributed by atoms with Crippen LogP contribution in [0.25, 0.3) is 0 Å². The van der Waals surface area contributed by atoms with Gasteiger partial charge in [0, 0.05) is 39.1 Å². The molecule has 1 amide bonds. The lowest BCUT2D eigenvalue weighted by Gasteiger charge is -2.32. The molecule has 1 unspecified atom stereocenters. The molecule has 1 heterocycles. The first kappa shape index (κ1) is 33.1. The Balaban J connectivity index is 0.00000342. The number of carboxylic acid groups (broad SMARTS) is 1. The number of piperazine rings is 1. The molecule has 0 aromatic heterocycles. The number of benzene rings is 2. The highest BCUT2D eigenvalue weighted by Gasteiger charge is 2.29. The quantitative estimate of drug-likeness (QED) is 0.378. The Bertz CT molecular complexity index is 1050. The van der Waals surface area contributed by atoms with Gasteiger partial charge in [0.05, 0.1) is 10.6 Å². The number of carboxylic acids is 1. The standard InChI is InChI=1S/C25H31Cl2N3O5.2ClH/c1-3-17-19(24(32)28-18(25(33)34)15-16-7-5-4-6-8-16)22(31)21(27)23(20(17)26)35-14-13-30-11-9-29(2)10-12-30;;/h4-8,18,31H,3,9-15H2,1-2H3,(H,28,32)(H,33,34);2*1H. The van der Waals surface area contributed by atoms with E-state index < -0.39 is 23.7 Å². The van der Waals surface area contributed by atoms with Crippen LogP contribution in [0.2, 0.25) is 10.0 Å². The van der Waals surface area contributed by atoms with Gasteiger partial charge in [0.15, 0.2) is 11.5 Å². The number of likely N-dealkylation sites (N-methyl/N-ethyl adjacent to an activating group) is 1. The Hall–Kier alpha value is -1.94. The van der Waals surface area contributed by atoms with Crippen molar-refractivity contribution >= 4 is 59.9 Å². The molecule has 0 spiro atoms. The number of aromatic hydroxyl groups is 1. The molecule has 0 radical (unpaired) electrons. The number of hydrogen-bond donors (Lipinski definition) is 3. The molecule has 1 aliphatic heterocycles. The summed E-state index contributed by atoms with van der Waals surface area (Å²) >= 11 is 12.9. The molecule has 12 heteroatoms. The van der Waals surface area contributed by atoms with Gasteiger partial charge in [-0.3, -0.25) is 9.69 Å². The zero-order chi connectivity index (χ0) is 25.5. The molecule has 37 heavy (non-hydrogen) atoms. The fourth-order valence-corrected chi connectivity index (χ4v) is 4.70. The second kappa shape index (κ2) is 15.5. The molecular weight excluding hydrogens is 564 g/mol. The van der Waals surface area contributed by atoms with E-state index in [0.29, 0.717) is 25.1 Å². The van der Waals surface area contributed by atoms with E-state index in [9.17, 15) is 19.8 Å². The van der Waals surface area contributed by atoms with E-state index in [0.717, 1.165) is 31.7 Å². The lowest BCUT2D eigenvalue weighted by Crippen LogP contribution is -2.45. The van der Waals surface area contributed by atoms with E-state index >= 15 is 0 Å². The van der Waals surface area contributed by atoms with Gasteiger partial charge in [-0.2, -0.15) is 0 Å². The van der Waals surface area contributed by atoms with Crippen LogP contribution in [0.4, 0.5) is 0 Å². The number of aliphatic carboxylic acids is 1. The zero-order valence-corrected chi connectivity index (χ0v) is 23.9. The van der Waals surface area contributed by atoms with Gasteiger partial charge in [-0.15, -0.1) is 24.8 Å². The first-order valence-corrected chi connectivity index (χ1v) is 12.3. The van der Waals surface area contributed by atoms with Gasteiger partial charge in [0.25, 0.3) is 5.91 Å². The van der Waals surface area contributed by atoms with Gasteiger partial charge in [-0.05, 0) is 24.6 Å². The summed E-state index contributed by atoms with van der Waals surface area (Å²) in [6.07, 6.45) is 0.386. The molecule has 0 bridgehead atoms. The minimum Gasteiger partial charge on any atom is -0.505 e. The Morgan fingerprint density at radius 1 is 1.08 bits per heavy atom. The van der Waals surface area contributed by atoms with E-state index in [1.54, 1.807) is 31.2 Å². The van der Waals surface area contributed by atoms with Crippen LogP contribution >= 0.6 is 48.0 Å². The Morgan fingerprint density at radius 3 is 2.27 bits per heavy atom. The van der Waals surface area contributed by atoms with Crippen molar-refractivity contribution in [2.75, 3.05) is 46.4 Å². The number of halogens is 4. The number of ether oxygens (including phenoxy) is 1. The van der Waals surface area contributed by atoms with Crippen LogP contribution < -0.4 is 10.1 Å². The summed E-state index contributed by atoms with van der Waals surface area (Å²) in [7, 11) is 2.08. The molecule has 3 N–H and O–H groups in total. The van der Waals surface area contributed by atoms with Crippen LogP contribution in [0, 0.1) is 0 Å². The third-order valence-electron chi connectivity index (χ3n) is 6.13. The summed E-state index contributed by atoms with van der Waals surface area (Å²) in [6, 6.07) is 7.75. The average molecular weight is 597 g/mol. The smallest absolute Gasteiger partial charge is 0.326 e. The maximum Gasteiger partial charge on any atom is 0.326 e. The summed E-state index contributed by atoms with van der Waals surface area (Å²) in [5.41, 5.74) is 0.943. The number of nitrogens with zero attached hydrogens (tertiary/aromatic N) is 2. The third kappa shape index (κ3) is 8.53. The molecule has 2 aromatic carbocycles. The summed E-state index contributed by atoms with van der Waals surface area (Å²) in [5.74, 6) is -2.33. The molecule has 8 nitrogen and oxygen atoms in total. The number of nitrogens with one attached hydrogen (secondary N) is 1. The molecule has 1 saturated heterocycles. The van der Waals surface area contributed by atoms with Crippen LogP contribution in [-0.4, -0.2) is 84.3 Å². The number of amides is 1. The lowest BCUT2D eigenvalue weighted by molar-refractivity contribution is -0.139. The first-order valence-electron chi connectivity index (χ1n) is 11.6. The number of phenols is 1. The van der Waals surface area contributed by atoms with Crippen molar-refractivity contribution in [1.82, 2.24) is 15.1 Å². The fourth-order valence-electron chi connectivity index (χ4n) is 4.04. The SMILES string of the molecule is CCc1c(Cl)c(OCCN2CCN(C)CC2)c(Cl)c(O)c1C(=O)NC(Cc1ccccc1)C(=O)O.Cl.Cl. The summed E-state index contributed by atoms with van der Waals surface area (Å²) in [4.78, 5) is 29.4. The molecule has 3 rings (SSSR count). The lowest BCUT2D eigenvalue weighted by atomic mass is 10.0. The summed E-state index contributed by atoms with van der Waals surface area (Å²) < 4.78 is 5.85. The highest BCUT2D eigenvalue weighted by atomic mass is 35.5. The first-order chi connectivity index (χ1) is 16.7. The zero-order valence-electron chi connectivity index (χ0n) is 20.7. The van der Waals surface area contributed by atoms with Crippen LogP contribution in [-0.2, 0) is 17.6 Å². The second-order valence-electron chi connectivity index (χ2n) is 8.56. The minimum atomic E-state index is -1.20. The topological polar surface area (TPSA) is 102 Å². The molecule has 2 aromatic rings. The largest absolute Gasteiger partial charge is 0.505 e. The Kier molecular flexibility index (Phi) is 13.8. The molecule has 206 valence electrons. The average Bonchev–Trinajstić information content (AvgIpc) is 2.84. The maximum atomic E-state index is 13.1. The summed E-state index contributed by atoms with van der Waals surface area (Å²) in [6.45, 7) is 6.58. The number of carbonyl (C=O) groups is 2. The van der Waals surface area contributed by atoms with Crippen molar-refractivity contribution in [1.29, 1.82) is 0 Å². The molecular formula is C25H33Cl4N3O5. The molecule has 1 atom stereocenters. The number of carbonyl (C=O) groups excluding carboxylic acids is 1. The van der Waals surface area contributed by atoms with E-state index in [-0.39, 0.29) is 52.6 Å². The van der Waals surface area contributed by atoms with Gasteiger partial charge >= 0.3 is 5.97 Å².